The average Bonchev–Trinajstić information content (AvgIpc) is 2.60. The van der Waals surface area contributed by atoms with Gasteiger partial charge >= 0.3 is 5.97 Å². The summed E-state index contributed by atoms with van der Waals surface area (Å²) in [6, 6.07) is 2.07. The Morgan fingerprint density at radius 3 is 2.59 bits per heavy atom. The Kier molecular flexibility index (Phi) is 5.61. The molecule has 0 atom stereocenters. The summed E-state index contributed by atoms with van der Waals surface area (Å²) in [7, 11) is 3.99. The topological polar surface area (TPSA) is 43.8 Å². The van der Waals surface area contributed by atoms with Crippen molar-refractivity contribution in [2.75, 3.05) is 33.7 Å². The normalized spacial score (nSPS) is 11.4. The van der Waals surface area contributed by atoms with Gasteiger partial charge in [0.2, 0.25) is 0 Å². The summed E-state index contributed by atoms with van der Waals surface area (Å²) in [5.74, 6) is -0.766. The molecule has 0 spiro atoms. The Bertz CT molecular complexity index is 363. The molecule has 1 heterocycles. The summed E-state index contributed by atoms with van der Waals surface area (Å²) in [5.41, 5.74) is 1.25. The predicted molar refractivity (Wildman–Crippen MR) is 70.5 cm³/mol. The van der Waals surface area contributed by atoms with Gasteiger partial charge in [0, 0.05) is 24.5 Å². The highest BCUT2D eigenvalue weighted by atomic mass is 32.1. The third kappa shape index (κ3) is 5.30. The van der Waals surface area contributed by atoms with Crippen LogP contribution < -0.4 is 0 Å². The van der Waals surface area contributed by atoms with Crippen LogP contribution in [0.1, 0.15) is 10.4 Å². The van der Waals surface area contributed by atoms with Crippen LogP contribution in [0.5, 0.6) is 0 Å². The molecule has 0 saturated heterocycles. The first kappa shape index (κ1) is 14.2. The number of hydrogen-bond acceptors (Lipinski definition) is 4. The van der Waals surface area contributed by atoms with Gasteiger partial charge in [0.1, 0.15) is 0 Å². The molecule has 0 fully saturated rings. The average molecular weight is 256 g/mol. The summed E-state index contributed by atoms with van der Waals surface area (Å²) >= 11 is 1.69. The fourth-order valence-electron chi connectivity index (χ4n) is 1.52. The third-order valence-corrected chi connectivity index (χ3v) is 3.57. The number of carbonyl (C=O) groups is 1. The van der Waals surface area contributed by atoms with Crippen LogP contribution in [0, 0.1) is 6.92 Å². The van der Waals surface area contributed by atoms with Crippen molar-refractivity contribution in [1.82, 2.24) is 9.80 Å². The number of likely N-dealkylation sites (N-methyl/N-ethyl adjacent to an activating group) is 1. The maximum absolute atomic E-state index is 10.8. The number of aryl methyl sites for hydroxylation is 1. The lowest BCUT2D eigenvalue weighted by atomic mass is 10.2. The summed E-state index contributed by atoms with van der Waals surface area (Å²) in [5, 5.41) is 10.9. The number of thiophene rings is 1. The van der Waals surface area contributed by atoms with E-state index in [2.05, 4.69) is 23.3 Å². The lowest BCUT2D eigenvalue weighted by molar-refractivity contribution is -0.138. The fourth-order valence-corrected chi connectivity index (χ4v) is 2.46. The quantitative estimate of drug-likeness (QED) is 0.803. The molecule has 1 aromatic rings. The van der Waals surface area contributed by atoms with Crippen LogP contribution in [0.4, 0.5) is 0 Å². The standard InChI is InChI=1S/C12H20N2O2S/c1-10-4-7-17-11(10)8-14(9-12(15)16)6-5-13(2)3/h4,7H,5-6,8-9H2,1-3H3,(H,15,16). The highest BCUT2D eigenvalue weighted by molar-refractivity contribution is 7.10. The molecular weight excluding hydrogens is 236 g/mol. The van der Waals surface area contributed by atoms with E-state index in [0.717, 1.165) is 19.6 Å². The van der Waals surface area contributed by atoms with E-state index in [1.807, 2.05) is 19.0 Å². The predicted octanol–water partition coefficient (Wildman–Crippen LogP) is 1.50. The molecule has 1 rings (SSSR count). The lowest BCUT2D eigenvalue weighted by Gasteiger charge is -2.22. The molecular formula is C12H20N2O2S. The van der Waals surface area contributed by atoms with Gasteiger partial charge in [-0.25, -0.2) is 0 Å². The van der Waals surface area contributed by atoms with Crippen molar-refractivity contribution in [3.63, 3.8) is 0 Å². The molecule has 0 radical (unpaired) electrons. The van der Waals surface area contributed by atoms with Gasteiger partial charge in [-0.1, -0.05) is 0 Å². The summed E-state index contributed by atoms with van der Waals surface area (Å²) < 4.78 is 0. The van der Waals surface area contributed by atoms with E-state index in [0.29, 0.717) is 0 Å². The smallest absolute Gasteiger partial charge is 0.317 e. The van der Waals surface area contributed by atoms with Crippen molar-refractivity contribution in [2.24, 2.45) is 0 Å². The van der Waals surface area contributed by atoms with E-state index in [1.165, 1.54) is 10.4 Å². The maximum Gasteiger partial charge on any atom is 0.317 e. The van der Waals surface area contributed by atoms with Crippen LogP contribution in [0.25, 0.3) is 0 Å². The molecule has 4 nitrogen and oxygen atoms in total. The van der Waals surface area contributed by atoms with Gasteiger partial charge < -0.3 is 10.0 Å². The monoisotopic (exact) mass is 256 g/mol. The van der Waals surface area contributed by atoms with E-state index in [1.54, 1.807) is 11.3 Å². The van der Waals surface area contributed by atoms with Crippen LogP contribution in [0.2, 0.25) is 0 Å². The fraction of sp³-hybridized carbons (Fsp3) is 0.583. The maximum atomic E-state index is 10.8. The summed E-state index contributed by atoms with van der Waals surface area (Å²) in [4.78, 5) is 16.1. The highest BCUT2D eigenvalue weighted by Gasteiger charge is 2.12. The van der Waals surface area contributed by atoms with Gasteiger partial charge in [-0.05, 0) is 38.0 Å². The molecule has 0 aliphatic rings. The van der Waals surface area contributed by atoms with Crippen LogP contribution in [0.15, 0.2) is 11.4 Å². The van der Waals surface area contributed by atoms with E-state index in [-0.39, 0.29) is 6.54 Å². The number of carboxylic acid groups (broad SMARTS) is 1. The van der Waals surface area contributed by atoms with Crippen molar-refractivity contribution in [2.45, 2.75) is 13.5 Å². The van der Waals surface area contributed by atoms with Crippen molar-refractivity contribution < 1.29 is 9.90 Å². The van der Waals surface area contributed by atoms with E-state index < -0.39 is 5.97 Å². The third-order valence-electron chi connectivity index (χ3n) is 2.56. The van der Waals surface area contributed by atoms with Crippen LogP contribution in [-0.2, 0) is 11.3 Å². The SMILES string of the molecule is Cc1ccsc1CN(CCN(C)C)CC(=O)O. The zero-order valence-electron chi connectivity index (χ0n) is 10.6. The Morgan fingerprint density at radius 1 is 1.41 bits per heavy atom. The van der Waals surface area contributed by atoms with Crippen LogP contribution in [0.3, 0.4) is 0 Å². The minimum atomic E-state index is -0.766. The summed E-state index contributed by atoms with van der Waals surface area (Å²) in [6.45, 7) is 4.54. The minimum absolute atomic E-state index is 0.102. The molecule has 0 aliphatic heterocycles. The van der Waals surface area contributed by atoms with Crippen molar-refractivity contribution in [3.8, 4) is 0 Å². The first-order valence-electron chi connectivity index (χ1n) is 5.61. The van der Waals surface area contributed by atoms with E-state index in [9.17, 15) is 4.79 Å². The second kappa shape index (κ2) is 6.74. The van der Waals surface area contributed by atoms with Gasteiger partial charge in [0.05, 0.1) is 6.54 Å². The van der Waals surface area contributed by atoms with Crippen molar-refractivity contribution in [3.05, 3.63) is 21.9 Å². The molecule has 0 aromatic carbocycles. The Balaban J connectivity index is 2.57. The molecule has 0 unspecified atom stereocenters. The first-order valence-corrected chi connectivity index (χ1v) is 6.49. The van der Waals surface area contributed by atoms with Gasteiger partial charge in [0.15, 0.2) is 0 Å². The molecule has 0 bridgehead atoms. The number of nitrogens with zero attached hydrogens (tertiary/aromatic N) is 2. The highest BCUT2D eigenvalue weighted by Crippen LogP contribution is 2.17. The first-order chi connectivity index (χ1) is 7.99. The second-order valence-electron chi connectivity index (χ2n) is 4.43. The number of carboxylic acids is 1. The molecule has 1 N–H and O–H groups in total. The van der Waals surface area contributed by atoms with E-state index >= 15 is 0 Å². The largest absolute Gasteiger partial charge is 0.480 e. The zero-order chi connectivity index (χ0) is 12.8. The minimum Gasteiger partial charge on any atom is -0.480 e. The van der Waals surface area contributed by atoms with Gasteiger partial charge in [-0.2, -0.15) is 0 Å². The van der Waals surface area contributed by atoms with Gasteiger partial charge in [0.25, 0.3) is 0 Å². The number of aliphatic carboxylic acids is 1. The van der Waals surface area contributed by atoms with Crippen LogP contribution >= 0.6 is 11.3 Å². The molecule has 0 amide bonds. The molecule has 5 heteroatoms. The van der Waals surface area contributed by atoms with Crippen molar-refractivity contribution in [1.29, 1.82) is 0 Å². The summed E-state index contributed by atoms with van der Waals surface area (Å²) in [6.07, 6.45) is 0. The zero-order valence-corrected chi connectivity index (χ0v) is 11.5. The molecule has 96 valence electrons. The van der Waals surface area contributed by atoms with Crippen molar-refractivity contribution >= 4 is 17.3 Å². The van der Waals surface area contributed by atoms with Gasteiger partial charge in [-0.15, -0.1) is 11.3 Å². The van der Waals surface area contributed by atoms with Gasteiger partial charge in [-0.3, -0.25) is 9.69 Å². The molecule has 17 heavy (non-hydrogen) atoms. The molecule has 1 aromatic heterocycles. The molecule has 0 aliphatic carbocycles. The molecule has 0 saturated carbocycles. The van der Waals surface area contributed by atoms with Crippen LogP contribution in [-0.4, -0.2) is 54.6 Å². The van der Waals surface area contributed by atoms with E-state index in [4.69, 9.17) is 5.11 Å². The Hall–Kier alpha value is -0.910. The lowest BCUT2D eigenvalue weighted by Crippen LogP contribution is -2.35. The number of hydrogen-bond donors (Lipinski definition) is 1. The Morgan fingerprint density at radius 2 is 2.12 bits per heavy atom. The second-order valence-corrected chi connectivity index (χ2v) is 5.44. The Labute approximate surface area is 106 Å². The number of rotatable bonds is 7.